The van der Waals surface area contributed by atoms with Crippen molar-refractivity contribution in [1.82, 2.24) is 5.32 Å². The van der Waals surface area contributed by atoms with Crippen LogP contribution in [0.1, 0.15) is 18.4 Å². The molecule has 2 rings (SSSR count). The minimum Gasteiger partial charge on any atom is -0.314 e. The summed E-state index contributed by atoms with van der Waals surface area (Å²) in [6.07, 6.45) is 3.84. The highest BCUT2D eigenvalue weighted by atomic mass is 79.9. The molecule has 1 nitrogen and oxygen atoms in total. The molecule has 78 valence electrons. The van der Waals surface area contributed by atoms with Gasteiger partial charge in [-0.25, -0.2) is 0 Å². The second-order valence-electron chi connectivity index (χ2n) is 3.62. The Morgan fingerprint density at radius 1 is 1.29 bits per heavy atom. The standard InChI is InChI=1S/C11H14BrN.ClH/c12-10-5-3-9(4-6-10)8-11-2-1-7-13-11;/h3-6,11,13H,1-2,7-8H2;1H. The summed E-state index contributed by atoms with van der Waals surface area (Å²) in [6, 6.07) is 9.34. The van der Waals surface area contributed by atoms with E-state index in [4.69, 9.17) is 0 Å². The number of nitrogens with one attached hydrogen (secondary N) is 1. The van der Waals surface area contributed by atoms with Gasteiger partial charge in [-0.1, -0.05) is 28.1 Å². The maximum absolute atomic E-state index is 3.51. The van der Waals surface area contributed by atoms with E-state index in [0.29, 0.717) is 6.04 Å². The lowest BCUT2D eigenvalue weighted by atomic mass is 10.1. The summed E-state index contributed by atoms with van der Waals surface area (Å²) in [5.74, 6) is 0. The van der Waals surface area contributed by atoms with Crippen molar-refractivity contribution >= 4 is 28.3 Å². The quantitative estimate of drug-likeness (QED) is 0.875. The van der Waals surface area contributed by atoms with Gasteiger partial charge in [0.1, 0.15) is 0 Å². The van der Waals surface area contributed by atoms with Crippen molar-refractivity contribution in [3.8, 4) is 0 Å². The summed E-state index contributed by atoms with van der Waals surface area (Å²) in [5, 5.41) is 3.51. The molecule has 0 bridgehead atoms. The molecule has 1 unspecified atom stereocenters. The Morgan fingerprint density at radius 3 is 2.57 bits per heavy atom. The lowest BCUT2D eigenvalue weighted by molar-refractivity contribution is 0.603. The lowest BCUT2D eigenvalue weighted by Crippen LogP contribution is -2.23. The summed E-state index contributed by atoms with van der Waals surface area (Å²) in [6.45, 7) is 1.20. The highest BCUT2D eigenvalue weighted by Gasteiger charge is 2.13. The molecule has 14 heavy (non-hydrogen) atoms. The molecule has 1 aromatic carbocycles. The van der Waals surface area contributed by atoms with Crippen LogP contribution in [0.4, 0.5) is 0 Å². The molecule has 1 fully saturated rings. The van der Waals surface area contributed by atoms with Gasteiger partial charge in [0.15, 0.2) is 0 Å². The zero-order valence-electron chi connectivity index (χ0n) is 8.00. The van der Waals surface area contributed by atoms with Crippen LogP contribution in [0, 0.1) is 0 Å². The Morgan fingerprint density at radius 2 is 2.00 bits per heavy atom. The van der Waals surface area contributed by atoms with E-state index >= 15 is 0 Å². The summed E-state index contributed by atoms with van der Waals surface area (Å²) in [4.78, 5) is 0. The van der Waals surface area contributed by atoms with E-state index in [0.717, 1.165) is 4.47 Å². The van der Waals surface area contributed by atoms with Gasteiger partial charge in [-0.3, -0.25) is 0 Å². The molecule has 1 aromatic rings. The fourth-order valence-corrected chi connectivity index (χ4v) is 2.10. The van der Waals surface area contributed by atoms with Crippen LogP contribution >= 0.6 is 28.3 Å². The fourth-order valence-electron chi connectivity index (χ4n) is 1.84. The third kappa shape index (κ3) is 3.26. The first kappa shape index (κ1) is 12.0. The van der Waals surface area contributed by atoms with E-state index in [2.05, 4.69) is 45.5 Å². The van der Waals surface area contributed by atoms with Crippen LogP contribution in [0.15, 0.2) is 28.7 Å². The molecule has 0 radical (unpaired) electrons. The molecule has 1 aliphatic rings. The number of halogens is 2. The third-order valence-electron chi connectivity index (χ3n) is 2.56. The van der Waals surface area contributed by atoms with Crippen LogP contribution in [0.2, 0.25) is 0 Å². The average Bonchev–Trinajstić information content (AvgIpc) is 2.62. The van der Waals surface area contributed by atoms with Crippen LogP contribution < -0.4 is 5.32 Å². The summed E-state index contributed by atoms with van der Waals surface area (Å²) >= 11 is 3.44. The average molecular weight is 277 g/mol. The van der Waals surface area contributed by atoms with Crippen LogP contribution in [0.5, 0.6) is 0 Å². The molecule has 0 aromatic heterocycles. The zero-order chi connectivity index (χ0) is 9.10. The highest BCUT2D eigenvalue weighted by molar-refractivity contribution is 9.10. The Labute approximate surface area is 99.8 Å². The molecule has 0 spiro atoms. The van der Waals surface area contributed by atoms with Crippen molar-refractivity contribution in [3.63, 3.8) is 0 Å². The summed E-state index contributed by atoms with van der Waals surface area (Å²) < 4.78 is 1.16. The first-order chi connectivity index (χ1) is 6.34. The van der Waals surface area contributed by atoms with Crippen LogP contribution in [-0.4, -0.2) is 12.6 Å². The van der Waals surface area contributed by atoms with Crippen LogP contribution in [0.25, 0.3) is 0 Å². The molecule has 0 amide bonds. The molecule has 1 N–H and O–H groups in total. The molecule has 3 heteroatoms. The largest absolute Gasteiger partial charge is 0.314 e. The number of hydrogen-bond donors (Lipinski definition) is 1. The highest BCUT2D eigenvalue weighted by Crippen LogP contribution is 2.15. The van der Waals surface area contributed by atoms with Gasteiger partial charge < -0.3 is 5.32 Å². The van der Waals surface area contributed by atoms with Gasteiger partial charge in [0.2, 0.25) is 0 Å². The van der Waals surface area contributed by atoms with E-state index in [9.17, 15) is 0 Å². The summed E-state index contributed by atoms with van der Waals surface area (Å²) in [5.41, 5.74) is 1.43. The number of rotatable bonds is 2. The predicted octanol–water partition coefficient (Wildman–Crippen LogP) is 3.17. The van der Waals surface area contributed by atoms with E-state index in [1.165, 1.54) is 31.4 Å². The monoisotopic (exact) mass is 275 g/mol. The molecule has 0 aliphatic carbocycles. The third-order valence-corrected chi connectivity index (χ3v) is 3.09. The van der Waals surface area contributed by atoms with Gasteiger partial charge in [0.25, 0.3) is 0 Å². The van der Waals surface area contributed by atoms with Gasteiger partial charge in [-0.2, -0.15) is 0 Å². The van der Waals surface area contributed by atoms with Crippen molar-refractivity contribution < 1.29 is 0 Å². The van der Waals surface area contributed by atoms with Gasteiger partial charge in [-0.05, 0) is 43.5 Å². The summed E-state index contributed by atoms with van der Waals surface area (Å²) in [7, 11) is 0. The molecule has 1 aliphatic heterocycles. The number of benzene rings is 1. The molecular weight excluding hydrogens is 261 g/mol. The Hall–Kier alpha value is -0.0500. The van der Waals surface area contributed by atoms with Crippen molar-refractivity contribution in [1.29, 1.82) is 0 Å². The van der Waals surface area contributed by atoms with Crippen molar-refractivity contribution in [2.75, 3.05) is 6.54 Å². The van der Waals surface area contributed by atoms with Crippen LogP contribution in [0.3, 0.4) is 0 Å². The Kier molecular flexibility index (Phi) is 4.93. The first-order valence-corrected chi connectivity index (χ1v) is 5.62. The van der Waals surface area contributed by atoms with E-state index < -0.39 is 0 Å². The predicted molar refractivity (Wildman–Crippen MR) is 66.1 cm³/mol. The van der Waals surface area contributed by atoms with Gasteiger partial charge in [0.05, 0.1) is 0 Å². The smallest absolute Gasteiger partial charge is 0.0175 e. The normalized spacial score (nSPS) is 20.5. The lowest BCUT2D eigenvalue weighted by Gasteiger charge is -2.09. The van der Waals surface area contributed by atoms with E-state index in [1.807, 2.05) is 0 Å². The fraction of sp³-hybridized carbons (Fsp3) is 0.455. The topological polar surface area (TPSA) is 12.0 Å². The van der Waals surface area contributed by atoms with Gasteiger partial charge in [-0.15, -0.1) is 12.4 Å². The maximum Gasteiger partial charge on any atom is 0.0175 e. The molecule has 1 heterocycles. The van der Waals surface area contributed by atoms with E-state index in [-0.39, 0.29) is 12.4 Å². The van der Waals surface area contributed by atoms with Gasteiger partial charge >= 0.3 is 0 Å². The Bertz CT molecular complexity index is 267. The molecule has 1 saturated heterocycles. The van der Waals surface area contributed by atoms with Crippen LogP contribution in [-0.2, 0) is 6.42 Å². The first-order valence-electron chi connectivity index (χ1n) is 4.82. The number of hydrogen-bond acceptors (Lipinski definition) is 1. The van der Waals surface area contributed by atoms with Crippen molar-refractivity contribution in [3.05, 3.63) is 34.3 Å². The van der Waals surface area contributed by atoms with Crippen molar-refractivity contribution in [2.45, 2.75) is 25.3 Å². The van der Waals surface area contributed by atoms with Crippen molar-refractivity contribution in [2.24, 2.45) is 0 Å². The second kappa shape index (κ2) is 5.74. The van der Waals surface area contributed by atoms with E-state index in [1.54, 1.807) is 0 Å². The second-order valence-corrected chi connectivity index (χ2v) is 4.54. The minimum absolute atomic E-state index is 0. The molecule has 0 saturated carbocycles. The Balaban J connectivity index is 0.000000980. The SMILES string of the molecule is Brc1ccc(CC2CCCN2)cc1.Cl. The molecular formula is C11H15BrClN. The minimum atomic E-state index is 0. The maximum atomic E-state index is 3.51. The zero-order valence-corrected chi connectivity index (χ0v) is 10.4. The molecule has 1 atom stereocenters. The van der Waals surface area contributed by atoms with Gasteiger partial charge in [0, 0.05) is 10.5 Å².